The van der Waals surface area contributed by atoms with Gasteiger partial charge in [0.2, 0.25) is 0 Å². The number of rotatable bonds is 4. The van der Waals surface area contributed by atoms with E-state index in [9.17, 15) is 0 Å². The minimum atomic E-state index is 0.593. The lowest BCUT2D eigenvalue weighted by Crippen LogP contribution is -2.55. The second-order valence-corrected chi connectivity index (χ2v) is 6.06. The van der Waals surface area contributed by atoms with E-state index in [-0.39, 0.29) is 0 Å². The lowest BCUT2D eigenvalue weighted by atomic mass is 9.90. The third-order valence-corrected chi connectivity index (χ3v) is 4.93. The van der Waals surface area contributed by atoms with Crippen LogP contribution in [0.4, 0.5) is 0 Å². The molecule has 0 amide bonds. The van der Waals surface area contributed by atoms with Gasteiger partial charge in [0.1, 0.15) is 0 Å². The van der Waals surface area contributed by atoms with Gasteiger partial charge < -0.3 is 10.5 Å². The largest absolute Gasteiger partial charge is 0.381 e. The molecule has 0 aromatic heterocycles. The highest BCUT2D eigenvalue weighted by Gasteiger charge is 2.34. The van der Waals surface area contributed by atoms with Gasteiger partial charge in [-0.25, -0.2) is 0 Å². The van der Waals surface area contributed by atoms with Gasteiger partial charge in [-0.1, -0.05) is 0 Å². The number of piperazine rings is 1. The Labute approximate surface area is 110 Å². The van der Waals surface area contributed by atoms with Crippen molar-refractivity contribution >= 4 is 0 Å². The smallest absolute Gasteiger partial charge is 0.0469 e. The van der Waals surface area contributed by atoms with Crippen molar-refractivity contribution in [2.24, 2.45) is 11.7 Å². The number of nitrogens with two attached hydrogens (primary N) is 1. The molecule has 1 saturated carbocycles. The molecule has 1 unspecified atom stereocenters. The molecule has 104 valence electrons. The van der Waals surface area contributed by atoms with Crippen LogP contribution in [0.5, 0.6) is 0 Å². The summed E-state index contributed by atoms with van der Waals surface area (Å²) in [4.78, 5) is 5.32. The third kappa shape index (κ3) is 2.87. The maximum atomic E-state index is 6.05. The van der Waals surface area contributed by atoms with Gasteiger partial charge in [0.25, 0.3) is 0 Å². The Kier molecular flexibility index (Phi) is 4.19. The molecule has 0 aromatic rings. The fourth-order valence-electron chi connectivity index (χ4n) is 3.61. The molecule has 3 rings (SSSR count). The van der Waals surface area contributed by atoms with E-state index in [0.717, 1.165) is 31.7 Å². The van der Waals surface area contributed by atoms with Crippen LogP contribution in [0.3, 0.4) is 0 Å². The molecule has 0 bridgehead atoms. The highest BCUT2D eigenvalue weighted by molar-refractivity contribution is 4.90. The second-order valence-electron chi connectivity index (χ2n) is 6.06. The molecule has 0 radical (unpaired) electrons. The van der Waals surface area contributed by atoms with Gasteiger partial charge in [0, 0.05) is 58.0 Å². The van der Waals surface area contributed by atoms with Crippen molar-refractivity contribution < 1.29 is 4.74 Å². The Morgan fingerprint density at radius 3 is 2.22 bits per heavy atom. The summed E-state index contributed by atoms with van der Waals surface area (Å²) in [5.74, 6) is 0.760. The van der Waals surface area contributed by atoms with Gasteiger partial charge in [-0.15, -0.1) is 0 Å². The minimum absolute atomic E-state index is 0.593. The molecule has 1 aliphatic carbocycles. The summed E-state index contributed by atoms with van der Waals surface area (Å²) >= 11 is 0. The lowest BCUT2D eigenvalue weighted by Gasteiger charge is -2.43. The van der Waals surface area contributed by atoms with Gasteiger partial charge in [0.05, 0.1) is 0 Å². The van der Waals surface area contributed by atoms with Crippen LogP contribution in [-0.4, -0.2) is 67.8 Å². The Morgan fingerprint density at radius 1 is 1.00 bits per heavy atom. The molecule has 0 aromatic carbocycles. The van der Waals surface area contributed by atoms with Crippen molar-refractivity contribution in [2.45, 2.75) is 37.8 Å². The summed E-state index contributed by atoms with van der Waals surface area (Å²) in [6.07, 6.45) is 5.26. The SMILES string of the molecule is NCC(C1CCOCC1)N1CCN(C2CC2)CC1. The first-order valence-corrected chi connectivity index (χ1v) is 7.64. The molecule has 3 fully saturated rings. The van der Waals surface area contributed by atoms with E-state index in [1.165, 1.54) is 51.9 Å². The van der Waals surface area contributed by atoms with Crippen molar-refractivity contribution in [1.29, 1.82) is 0 Å². The molecular weight excluding hydrogens is 226 g/mol. The van der Waals surface area contributed by atoms with Crippen molar-refractivity contribution in [1.82, 2.24) is 9.80 Å². The van der Waals surface area contributed by atoms with Crippen LogP contribution < -0.4 is 5.73 Å². The van der Waals surface area contributed by atoms with E-state index in [4.69, 9.17) is 10.5 Å². The van der Waals surface area contributed by atoms with E-state index < -0.39 is 0 Å². The van der Waals surface area contributed by atoms with Crippen LogP contribution in [-0.2, 0) is 4.74 Å². The fraction of sp³-hybridized carbons (Fsp3) is 1.00. The van der Waals surface area contributed by atoms with Gasteiger partial charge >= 0.3 is 0 Å². The average Bonchev–Trinajstić information content (AvgIpc) is 3.26. The molecule has 2 heterocycles. The molecular formula is C14H27N3O. The van der Waals surface area contributed by atoms with E-state index in [1.807, 2.05) is 0 Å². The summed E-state index contributed by atoms with van der Waals surface area (Å²) in [6.45, 7) is 7.63. The normalized spacial score (nSPS) is 30.5. The Balaban J connectivity index is 1.51. The molecule has 4 heteroatoms. The van der Waals surface area contributed by atoms with Crippen LogP contribution >= 0.6 is 0 Å². The molecule has 1 atom stereocenters. The number of nitrogens with zero attached hydrogens (tertiary/aromatic N) is 2. The molecule has 4 nitrogen and oxygen atoms in total. The Hall–Kier alpha value is -0.160. The quantitative estimate of drug-likeness (QED) is 0.793. The monoisotopic (exact) mass is 253 g/mol. The number of hydrogen-bond donors (Lipinski definition) is 1. The predicted octanol–water partition coefficient (Wildman–Crippen LogP) is 0.520. The van der Waals surface area contributed by atoms with Crippen LogP contribution in [0.1, 0.15) is 25.7 Å². The molecule has 2 N–H and O–H groups in total. The summed E-state index contributed by atoms with van der Waals surface area (Å²) < 4.78 is 5.47. The van der Waals surface area contributed by atoms with Crippen molar-refractivity contribution in [3.63, 3.8) is 0 Å². The second kappa shape index (κ2) is 5.87. The standard InChI is InChI=1S/C14H27N3O/c15-11-14(12-3-9-18-10-4-12)17-7-5-16(6-8-17)13-1-2-13/h12-14H,1-11,15H2. The first kappa shape index (κ1) is 12.9. The Bertz CT molecular complexity index is 256. The minimum Gasteiger partial charge on any atom is -0.381 e. The first-order valence-electron chi connectivity index (χ1n) is 7.64. The first-order chi connectivity index (χ1) is 8.88. The molecule has 2 saturated heterocycles. The van der Waals surface area contributed by atoms with Crippen LogP contribution in [0.25, 0.3) is 0 Å². The number of ether oxygens (including phenoxy) is 1. The highest BCUT2D eigenvalue weighted by atomic mass is 16.5. The predicted molar refractivity (Wildman–Crippen MR) is 72.6 cm³/mol. The maximum Gasteiger partial charge on any atom is 0.0469 e. The average molecular weight is 253 g/mol. The Morgan fingerprint density at radius 2 is 1.67 bits per heavy atom. The third-order valence-electron chi connectivity index (χ3n) is 4.93. The van der Waals surface area contributed by atoms with Gasteiger partial charge in [-0.05, 0) is 31.6 Å². The summed E-state index contributed by atoms with van der Waals surface area (Å²) in [5, 5.41) is 0. The fourth-order valence-corrected chi connectivity index (χ4v) is 3.61. The maximum absolute atomic E-state index is 6.05. The lowest BCUT2D eigenvalue weighted by molar-refractivity contribution is 0.0111. The van der Waals surface area contributed by atoms with Crippen molar-refractivity contribution in [3.8, 4) is 0 Å². The summed E-state index contributed by atoms with van der Waals surface area (Å²) in [5.41, 5.74) is 6.05. The summed E-state index contributed by atoms with van der Waals surface area (Å²) in [6, 6.07) is 1.52. The zero-order chi connectivity index (χ0) is 12.4. The van der Waals surface area contributed by atoms with Gasteiger partial charge in [-0.3, -0.25) is 9.80 Å². The molecule has 0 spiro atoms. The molecule has 3 aliphatic rings. The van der Waals surface area contributed by atoms with Crippen LogP contribution in [0.2, 0.25) is 0 Å². The summed E-state index contributed by atoms with van der Waals surface area (Å²) in [7, 11) is 0. The number of hydrogen-bond acceptors (Lipinski definition) is 4. The van der Waals surface area contributed by atoms with Gasteiger partial charge in [-0.2, -0.15) is 0 Å². The van der Waals surface area contributed by atoms with Crippen LogP contribution in [0.15, 0.2) is 0 Å². The van der Waals surface area contributed by atoms with Crippen LogP contribution in [0, 0.1) is 5.92 Å². The zero-order valence-corrected chi connectivity index (χ0v) is 11.4. The van der Waals surface area contributed by atoms with Crippen molar-refractivity contribution in [2.75, 3.05) is 45.9 Å². The molecule has 18 heavy (non-hydrogen) atoms. The van der Waals surface area contributed by atoms with E-state index in [0.29, 0.717) is 6.04 Å². The topological polar surface area (TPSA) is 41.7 Å². The van der Waals surface area contributed by atoms with Crippen molar-refractivity contribution in [3.05, 3.63) is 0 Å². The highest BCUT2D eigenvalue weighted by Crippen LogP contribution is 2.29. The van der Waals surface area contributed by atoms with E-state index in [1.54, 1.807) is 0 Å². The zero-order valence-electron chi connectivity index (χ0n) is 11.4. The van der Waals surface area contributed by atoms with Gasteiger partial charge in [0.15, 0.2) is 0 Å². The van der Waals surface area contributed by atoms with E-state index in [2.05, 4.69) is 9.80 Å². The molecule has 2 aliphatic heterocycles. The van der Waals surface area contributed by atoms with E-state index >= 15 is 0 Å².